The van der Waals surface area contributed by atoms with Crippen molar-refractivity contribution in [3.63, 3.8) is 0 Å². The summed E-state index contributed by atoms with van der Waals surface area (Å²) in [5.74, 6) is -0.384. The van der Waals surface area contributed by atoms with Crippen LogP contribution in [0, 0.1) is 0 Å². The molecule has 0 aromatic rings. The first-order valence-electron chi connectivity index (χ1n) is 2.97. The van der Waals surface area contributed by atoms with Gasteiger partial charge in [0.15, 0.2) is 0 Å². The predicted octanol–water partition coefficient (Wildman–Crippen LogP) is -0.0875. The fourth-order valence-corrected chi connectivity index (χ4v) is 1.06. The van der Waals surface area contributed by atoms with E-state index >= 15 is 0 Å². The van der Waals surface area contributed by atoms with E-state index in [1.54, 1.807) is 13.8 Å². The average Bonchev–Trinajstić information content (AvgIpc) is 1.87. The van der Waals surface area contributed by atoms with E-state index in [-0.39, 0.29) is 12.2 Å². The molecule has 0 heterocycles. The van der Waals surface area contributed by atoms with E-state index in [0.29, 0.717) is 5.57 Å². The fraction of sp³-hybridized carbons (Fsp3) is 0.500. The summed E-state index contributed by atoms with van der Waals surface area (Å²) in [4.78, 5) is 10.8. The van der Waals surface area contributed by atoms with E-state index in [4.69, 9.17) is 9.14 Å². The molecule has 0 saturated carbocycles. The molecule has 0 aliphatic carbocycles. The number of nitrogens with two attached hydrogens (primary N) is 1. The van der Waals surface area contributed by atoms with Crippen LogP contribution in [0.3, 0.4) is 0 Å². The standard InChI is InChI=1S/C6H10NO2.Ir.H2N/c1-4(2)6(8)9-5(3)7;;/h5,7H,1H2,2-3H3;;1H2/q-1;+2;-1. The first-order valence-corrected chi connectivity index (χ1v) is 5.55. The van der Waals surface area contributed by atoms with Crippen molar-refractivity contribution in [1.29, 1.82) is 0 Å². The number of rotatable bonds is 4. The van der Waals surface area contributed by atoms with Gasteiger partial charge in [0.2, 0.25) is 0 Å². The van der Waals surface area contributed by atoms with Crippen molar-refractivity contribution in [2.45, 2.75) is 20.1 Å². The Bertz CT molecular complexity index is 161. The zero-order valence-corrected chi connectivity index (χ0v) is 8.91. The summed E-state index contributed by atoms with van der Waals surface area (Å²) in [6, 6.07) is 0. The molecule has 0 aliphatic rings. The van der Waals surface area contributed by atoms with E-state index in [0.717, 1.165) is 0 Å². The number of carbonyl (C=O) groups is 1. The minimum absolute atomic E-state index is 0.302. The average molecular weight is 336 g/mol. The van der Waals surface area contributed by atoms with Crippen LogP contribution in [-0.2, 0) is 27.7 Å². The van der Waals surface area contributed by atoms with Crippen molar-refractivity contribution in [2.75, 3.05) is 0 Å². The Hall–Kier alpha value is -0.221. The van der Waals surface area contributed by atoms with Gasteiger partial charge in [0.1, 0.15) is 0 Å². The van der Waals surface area contributed by atoms with Crippen LogP contribution in [0.4, 0.5) is 0 Å². The first-order chi connectivity index (χ1) is 5.07. The third kappa shape index (κ3) is 5.09. The van der Waals surface area contributed by atoms with Gasteiger partial charge < -0.3 is 0 Å². The van der Waals surface area contributed by atoms with Crippen LogP contribution >= 0.6 is 0 Å². The summed E-state index contributed by atoms with van der Waals surface area (Å²) in [7, 11) is 0. The topological polar surface area (TPSA) is 64.3 Å². The molecule has 0 amide bonds. The Morgan fingerprint density at radius 1 is 1.82 bits per heavy atom. The summed E-state index contributed by atoms with van der Waals surface area (Å²) in [6.07, 6.45) is -0.302. The van der Waals surface area contributed by atoms with Gasteiger partial charge in [-0.15, -0.1) is 0 Å². The Kier molecular flexibility index (Phi) is 5.32. The number of hydrogen-bond acceptors (Lipinski definition) is 4. The van der Waals surface area contributed by atoms with Crippen LogP contribution in [0.5, 0.6) is 0 Å². The van der Waals surface area contributed by atoms with Gasteiger partial charge >= 0.3 is 74.3 Å². The fourth-order valence-electron chi connectivity index (χ4n) is 0.359. The van der Waals surface area contributed by atoms with Crippen molar-refractivity contribution >= 4 is 5.97 Å². The Morgan fingerprint density at radius 3 is 2.73 bits per heavy atom. The van der Waals surface area contributed by atoms with Crippen LogP contribution in [0.15, 0.2) is 12.2 Å². The second kappa shape index (κ2) is 5.43. The van der Waals surface area contributed by atoms with Gasteiger partial charge in [-0.2, -0.15) is 0 Å². The Labute approximate surface area is 74.7 Å². The van der Waals surface area contributed by atoms with Gasteiger partial charge in [0, 0.05) is 0 Å². The molecule has 1 atom stereocenters. The predicted molar refractivity (Wildman–Crippen MR) is 37.7 cm³/mol. The molecule has 4 nitrogen and oxygen atoms in total. The second-order valence-electron chi connectivity index (χ2n) is 2.02. The maximum absolute atomic E-state index is 10.8. The zero-order chi connectivity index (χ0) is 8.85. The van der Waals surface area contributed by atoms with E-state index in [2.05, 4.69) is 10.6 Å². The van der Waals surface area contributed by atoms with Gasteiger partial charge in [-0.1, -0.05) is 0 Å². The minimum atomic E-state index is -0.654. The van der Waals surface area contributed by atoms with E-state index in [9.17, 15) is 4.79 Å². The van der Waals surface area contributed by atoms with Gasteiger partial charge in [-0.05, 0) is 0 Å². The third-order valence-corrected chi connectivity index (χ3v) is 2.20. The molecule has 0 aromatic carbocycles. The van der Waals surface area contributed by atoms with Gasteiger partial charge in [-0.25, -0.2) is 0 Å². The number of esters is 1. The molecule has 0 rings (SSSR count). The van der Waals surface area contributed by atoms with Gasteiger partial charge in [0.05, 0.1) is 0 Å². The van der Waals surface area contributed by atoms with Crippen LogP contribution < -0.4 is 8.39 Å². The van der Waals surface area contributed by atoms with Gasteiger partial charge in [-0.3, -0.25) is 0 Å². The molecule has 67 valence electrons. The van der Waals surface area contributed by atoms with Crippen molar-refractivity contribution in [1.82, 2.24) is 3.99 Å². The molecule has 11 heavy (non-hydrogen) atoms. The summed E-state index contributed by atoms with van der Waals surface area (Å²) in [6.45, 7) is 6.78. The zero-order valence-electron chi connectivity index (χ0n) is 6.51. The number of carbonyl (C=O) groups excluding carboxylic acids is 1. The molecule has 5 heteroatoms. The van der Waals surface area contributed by atoms with Crippen LogP contribution in [-0.4, -0.2) is 12.2 Å². The van der Waals surface area contributed by atoms with Crippen LogP contribution in [0.1, 0.15) is 13.8 Å². The molecule has 0 fully saturated rings. The first kappa shape index (κ1) is 10.8. The molecule has 0 saturated heterocycles. The molecule has 3 N–H and O–H groups in total. The summed E-state index contributed by atoms with van der Waals surface area (Å²) in [5.41, 5.74) is 0.399. The quantitative estimate of drug-likeness (QED) is 0.428. The molecular formula is C6H12IrN2O2. The monoisotopic (exact) mass is 337 g/mol. The number of hydrogen-bond donors (Lipinski definition) is 2. The van der Waals surface area contributed by atoms with E-state index < -0.39 is 18.2 Å². The Morgan fingerprint density at radius 2 is 2.36 bits per heavy atom. The van der Waals surface area contributed by atoms with Crippen LogP contribution in [0.2, 0.25) is 0 Å². The SMILES string of the molecule is C=C(C)C(=O)OC(C)[NH][Ir][NH2]. The molecule has 0 aromatic heterocycles. The molecule has 0 spiro atoms. The molecular weight excluding hydrogens is 324 g/mol. The maximum atomic E-state index is 10.8. The van der Waals surface area contributed by atoms with Crippen molar-refractivity contribution in [3.05, 3.63) is 12.2 Å². The molecule has 0 aliphatic heterocycles. The van der Waals surface area contributed by atoms with E-state index in [1.807, 2.05) is 0 Å². The van der Waals surface area contributed by atoms with Gasteiger partial charge in [0.25, 0.3) is 0 Å². The molecule has 0 radical (unpaired) electrons. The summed E-state index contributed by atoms with van der Waals surface area (Å²) < 4.78 is 13.0. The number of nitrogens with one attached hydrogen (secondary N) is 1. The van der Waals surface area contributed by atoms with E-state index in [1.165, 1.54) is 0 Å². The molecule has 0 bridgehead atoms. The Balaban J connectivity index is 3.66. The van der Waals surface area contributed by atoms with Crippen molar-refractivity contribution < 1.29 is 27.7 Å². The van der Waals surface area contributed by atoms with Crippen LogP contribution in [0.25, 0.3) is 0 Å². The normalized spacial score (nSPS) is 12.6. The summed E-state index contributed by atoms with van der Waals surface area (Å²) in [5, 5.41) is 0. The molecule has 1 unspecified atom stereocenters. The third-order valence-electron chi connectivity index (χ3n) is 0.823. The summed E-state index contributed by atoms with van der Waals surface area (Å²) >= 11 is -0.654. The second-order valence-corrected chi connectivity index (χ2v) is 3.40. The number of ether oxygens (including phenoxy) is 1. The van der Waals surface area contributed by atoms with Crippen molar-refractivity contribution in [2.24, 2.45) is 4.40 Å². The van der Waals surface area contributed by atoms with Crippen molar-refractivity contribution in [3.8, 4) is 0 Å².